The number of fused-ring (bicyclic) bond motifs is 3. The van der Waals surface area contributed by atoms with Crippen molar-refractivity contribution < 1.29 is 9.47 Å². The lowest BCUT2D eigenvalue weighted by Crippen LogP contribution is -2.58. The van der Waals surface area contributed by atoms with Gasteiger partial charge >= 0.3 is 0 Å². The molecule has 0 heterocycles. The number of unbranched alkanes of at least 4 members (excludes halogenated alkanes) is 1. The highest BCUT2D eigenvalue weighted by molar-refractivity contribution is 5.34. The molecule has 2 bridgehead atoms. The average Bonchev–Trinajstić information content (AvgIpc) is 2.69. The Labute approximate surface area is 152 Å². The minimum atomic E-state index is 0.0514. The van der Waals surface area contributed by atoms with Crippen LogP contribution in [0.5, 0.6) is 0 Å². The predicted molar refractivity (Wildman–Crippen MR) is 102 cm³/mol. The Morgan fingerprint density at radius 1 is 1.08 bits per heavy atom. The first-order valence-corrected chi connectivity index (χ1v) is 9.76. The molecule has 1 aromatic carbocycles. The largest absolute Gasteiger partial charge is 0.380 e. The van der Waals surface area contributed by atoms with E-state index in [1.807, 2.05) is 14.2 Å². The Kier molecular flexibility index (Phi) is 6.16. The molecule has 0 saturated heterocycles. The summed E-state index contributed by atoms with van der Waals surface area (Å²) in [6, 6.07) is 9.21. The molecule has 4 heteroatoms. The van der Waals surface area contributed by atoms with Crippen LogP contribution in [0.4, 0.5) is 0 Å². The summed E-state index contributed by atoms with van der Waals surface area (Å²) in [7, 11) is 3.72. The number of ether oxygens (including phenoxy) is 2. The summed E-state index contributed by atoms with van der Waals surface area (Å²) in [5, 5.41) is 3.50. The molecule has 140 valence electrons. The van der Waals surface area contributed by atoms with E-state index < -0.39 is 0 Å². The van der Waals surface area contributed by atoms with Crippen molar-refractivity contribution in [3.05, 3.63) is 35.4 Å². The van der Waals surface area contributed by atoms with Gasteiger partial charge < -0.3 is 20.5 Å². The average molecular weight is 347 g/mol. The second kappa shape index (κ2) is 8.17. The third-order valence-corrected chi connectivity index (χ3v) is 6.61. The molecule has 0 aliphatic heterocycles. The number of nitrogens with one attached hydrogen (secondary N) is 1. The van der Waals surface area contributed by atoms with E-state index >= 15 is 0 Å². The van der Waals surface area contributed by atoms with E-state index in [-0.39, 0.29) is 17.1 Å². The van der Waals surface area contributed by atoms with Crippen LogP contribution in [0, 0.1) is 0 Å². The highest BCUT2D eigenvalue weighted by Gasteiger charge is 2.55. The number of rotatable bonds is 9. The molecule has 3 N–H and O–H groups in total. The third kappa shape index (κ3) is 3.77. The summed E-state index contributed by atoms with van der Waals surface area (Å²) in [5.74, 6) is 0. The monoisotopic (exact) mass is 346 g/mol. The Balaban J connectivity index is 1.65. The fourth-order valence-electron chi connectivity index (χ4n) is 4.86. The highest BCUT2D eigenvalue weighted by atomic mass is 16.5. The van der Waals surface area contributed by atoms with Crippen molar-refractivity contribution in [2.24, 2.45) is 5.73 Å². The Morgan fingerprint density at radius 2 is 1.80 bits per heavy atom. The zero-order chi connectivity index (χ0) is 17.8. The first-order valence-electron chi connectivity index (χ1n) is 9.76. The number of methoxy groups -OCH3 is 2. The molecule has 4 rings (SSSR count). The normalized spacial score (nSPS) is 31.4. The van der Waals surface area contributed by atoms with Crippen LogP contribution in [0.25, 0.3) is 0 Å². The maximum absolute atomic E-state index is 5.94. The minimum Gasteiger partial charge on any atom is -0.380 e. The van der Waals surface area contributed by atoms with Crippen molar-refractivity contribution in [3.63, 3.8) is 0 Å². The molecule has 0 aromatic heterocycles. The molecular weight excluding hydrogens is 312 g/mol. The zero-order valence-electron chi connectivity index (χ0n) is 15.9. The highest BCUT2D eigenvalue weighted by Crippen LogP contribution is 2.55. The summed E-state index contributed by atoms with van der Waals surface area (Å²) in [4.78, 5) is 0. The van der Waals surface area contributed by atoms with Crippen LogP contribution in [0.2, 0.25) is 0 Å². The maximum Gasteiger partial charge on any atom is 0.0704 e. The van der Waals surface area contributed by atoms with Crippen molar-refractivity contribution in [1.29, 1.82) is 0 Å². The third-order valence-electron chi connectivity index (χ3n) is 6.61. The van der Waals surface area contributed by atoms with Gasteiger partial charge in [-0.15, -0.1) is 0 Å². The Bertz CT molecular complexity index is 535. The lowest BCUT2D eigenvalue weighted by Gasteiger charge is -2.56. The smallest absolute Gasteiger partial charge is 0.0704 e. The summed E-state index contributed by atoms with van der Waals surface area (Å²) in [5.41, 5.74) is 8.54. The van der Waals surface area contributed by atoms with Gasteiger partial charge in [0.05, 0.1) is 11.7 Å². The van der Waals surface area contributed by atoms with E-state index in [4.69, 9.17) is 15.2 Å². The van der Waals surface area contributed by atoms with E-state index in [0.29, 0.717) is 0 Å². The Hall–Kier alpha value is -0.940. The molecule has 0 spiro atoms. The van der Waals surface area contributed by atoms with Crippen molar-refractivity contribution in [1.82, 2.24) is 5.32 Å². The number of benzene rings is 1. The van der Waals surface area contributed by atoms with E-state index in [1.165, 1.54) is 11.1 Å². The molecule has 1 aromatic rings. The zero-order valence-corrected chi connectivity index (χ0v) is 15.9. The minimum absolute atomic E-state index is 0.0514. The van der Waals surface area contributed by atoms with Gasteiger partial charge in [0, 0.05) is 32.6 Å². The fraction of sp³-hybridized carbons (Fsp3) is 0.714. The van der Waals surface area contributed by atoms with Gasteiger partial charge in [-0.1, -0.05) is 24.3 Å². The van der Waals surface area contributed by atoms with Crippen LogP contribution in [0.1, 0.15) is 56.1 Å². The molecule has 3 saturated carbocycles. The molecule has 3 fully saturated rings. The van der Waals surface area contributed by atoms with E-state index in [0.717, 1.165) is 64.6 Å². The Morgan fingerprint density at radius 3 is 2.40 bits per heavy atom. The van der Waals surface area contributed by atoms with Crippen LogP contribution in [0.15, 0.2) is 24.3 Å². The summed E-state index contributed by atoms with van der Waals surface area (Å²) < 4.78 is 11.8. The fourth-order valence-corrected chi connectivity index (χ4v) is 4.86. The molecule has 0 amide bonds. The molecule has 0 radical (unpaired) electrons. The standard InChI is InChI=1S/C21H34N2O2/c1-24-19-15-20(25-2)9-11-21(19,12-10-20)18-7-5-17(6-8-18)16-23-14-4-3-13-22/h5-8,19,23H,3-4,9-16,22H2,1-2H3. The molecule has 4 nitrogen and oxygen atoms in total. The second-order valence-electron chi connectivity index (χ2n) is 7.84. The van der Waals surface area contributed by atoms with Crippen molar-refractivity contribution in [2.75, 3.05) is 27.3 Å². The van der Waals surface area contributed by atoms with Gasteiger partial charge in [0.15, 0.2) is 0 Å². The molecule has 1 atom stereocenters. The van der Waals surface area contributed by atoms with E-state index in [9.17, 15) is 0 Å². The van der Waals surface area contributed by atoms with Gasteiger partial charge in [-0.05, 0) is 62.7 Å². The number of nitrogens with two attached hydrogens (primary N) is 1. The van der Waals surface area contributed by atoms with Crippen molar-refractivity contribution >= 4 is 0 Å². The summed E-state index contributed by atoms with van der Waals surface area (Å²) >= 11 is 0. The van der Waals surface area contributed by atoms with Crippen molar-refractivity contribution in [3.8, 4) is 0 Å². The van der Waals surface area contributed by atoms with Gasteiger partial charge in [-0.25, -0.2) is 0 Å². The van der Waals surface area contributed by atoms with Crippen LogP contribution in [-0.4, -0.2) is 39.0 Å². The predicted octanol–water partition coefficient (Wildman–Crippen LogP) is 3.13. The molecule has 1 unspecified atom stereocenters. The lowest BCUT2D eigenvalue weighted by atomic mass is 9.54. The quantitative estimate of drug-likeness (QED) is 0.675. The van der Waals surface area contributed by atoms with Gasteiger partial charge in [0.25, 0.3) is 0 Å². The summed E-state index contributed by atoms with van der Waals surface area (Å²) in [6.07, 6.45) is 8.14. The molecular formula is C21H34N2O2. The SMILES string of the molecule is COC1CC2(OC)CCC1(c1ccc(CNCCCCN)cc1)CC2. The second-order valence-corrected chi connectivity index (χ2v) is 7.84. The van der Waals surface area contributed by atoms with E-state index in [1.54, 1.807) is 0 Å². The molecule has 3 aliphatic carbocycles. The first kappa shape index (κ1) is 18.8. The number of hydrogen-bond acceptors (Lipinski definition) is 4. The first-order chi connectivity index (χ1) is 12.2. The topological polar surface area (TPSA) is 56.5 Å². The van der Waals surface area contributed by atoms with E-state index in [2.05, 4.69) is 29.6 Å². The van der Waals surface area contributed by atoms with Crippen LogP contribution < -0.4 is 11.1 Å². The van der Waals surface area contributed by atoms with Crippen molar-refractivity contribution in [2.45, 2.75) is 68.6 Å². The summed E-state index contributed by atoms with van der Waals surface area (Å²) in [6.45, 7) is 2.75. The number of hydrogen-bond donors (Lipinski definition) is 2. The maximum atomic E-state index is 5.94. The van der Waals surface area contributed by atoms with Gasteiger partial charge in [-0.3, -0.25) is 0 Å². The molecule has 3 aliphatic rings. The van der Waals surface area contributed by atoms with Crippen LogP contribution in [-0.2, 0) is 21.4 Å². The van der Waals surface area contributed by atoms with Gasteiger partial charge in [0.1, 0.15) is 0 Å². The van der Waals surface area contributed by atoms with Crippen LogP contribution in [0.3, 0.4) is 0 Å². The van der Waals surface area contributed by atoms with Gasteiger partial charge in [-0.2, -0.15) is 0 Å². The van der Waals surface area contributed by atoms with Gasteiger partial charge in [0.2, 0.25) is 0 Å². The lowest BCUT2D eigenvalue weighted by molar-refractivity contribution is -0.157. The van der Waals surface area contributed by atoms with Crippen LogP contribution >= 0.6 is 0 Å². The molecule has 25 heavy (non-hydrogen) atoms.